The molecule has 0 amide bonds. The molecule has 4 atom stereocenters. The molecule has 0 spiro atoms. The predicted octanol–water partition coefficient (Wildman–Crippen LogP) is 1.71. The van der Waals surface area contributed by atoms with E-state index in [-0.39, 0.29) is 5.92 Å². The highest BCUT2D eigenvalue weighted by Gasteiger charge is 2.61. The van der Waals surface area contributed by atoms with Gasteiger partial charge in [0.1, 0.15) is 5.60 Å². The zero-order chi connectivity index (χ0) is 14.5. The van der Waals surface area contributed by atoms with Gasteiger partial charge in [-0.1, -0.05) is 12.2 Å². The lowest BCUT2D eigenvalue weighted by molar-refractivity contribution is -0.0629. The average molecular weight is 296 g/mol. The quantitative estimate of drug-likeness (QED) is 0.358. The molecule has 19 heavy (non-hydrogen) atoms. The number of rotatable bonds is 4. The monoisotopic (exact) mass is 296 g/mol. The van der Waals surface area contributed by atoms with Gasteiger partial charge in [-0.25, -0.2) is 4.18 Å². The van der Waals surface area contributed by atoms with Crippen LogP contribution in [0.2, 0.25) is 0 Å². The van der Waals surface area contributed by atoms with Gasteiger partial charge in [0.2, 0.25) is 0 Å². The highest BCUT2D eigenvalue weighted by Crippen LogP contribution is 2.52. The highest BCUT2D eigenvalue weighted by molar-refractivity contribution is 7.87. The third kappa shape index (κ3) is 1.91. The van der Waals surface area contributed by atoms with Crippen LogP contribution < -0.4 is 0 Å². The first-order valence-electron chi connectivity index (χ1n) is 5.40. The fourth-order valence-electron chi connectivity index (χ4n) is 2.75. The summed E-state index contributed by atoms with van der Waals surface area (Å²) >= 11 is 0. The molecule has 1 fully saturated rings. The molecular weight excluding hydrogens is 285 g/mol. The Kier molecular flexibility index (Phi) is 3.09. The fourth-order valence-corrected chi connectivity index (χ4v) is 3.50. The van der Waals surface area contributed by atoms with Gasteiger partial charge < -0.3 is 10.8 Å². The third-order valence-electron chi connectivity index (χ3n) is 3.62. The van der Waals surface area contributed by atoms with Crippen molar-refractivity contribution in [1.82, 2.24) is 0 Å². The number of nitrogens with one attached hydrogen (secondary N) is 2. The van der Waals surface area contributed by atoms with Crippen LogP contribution in [0.25, 0.3) is 0 Å². The summed E-state index contributed by atoms with van der Waals surface area (Å²) in [6, 6.07) is 0. The van der Waals surface area contributed by atoms with Gasteiger partial charge >= 0.3 is 15.6 Å². The summed E-state index contributed by atoms with van der Waals surface area (Å²) in [5, 5.41) is 14.6. The van der Waals surface area contributed by atoms with Crippen LogP contribution in [-0.4, -0.2) is 32.0 Å². The van der Waals surface area contributed by atoms with Crippen molar-refractivity contribution in [1.29, 1.82) is 10.8 Å². The van der Waals surface area contributed by atoms with E-state index < -0.39 is 33.1 Å². The van der Waals surface area contributed by atoms with E-state index in [0.717, 1.165) is 6.21 Å². The van der Waals surface area contributed by atoms with E-state index in [9.17, 15) is 21.6 Å². The average Bonchev–Trinajstić information content (AvgIpc) is 2.86. The maximum atomic E-state index is 12.4. The largest absolute Gasteiger partial charge is 0.523 e. The zero-order valence-electron chi connectivity index (χ0n) is 9.52. The van der Waals surface area contributed by atoms with Crippen molar-refractivity contribution in [3.05, 3.63) is 12.2 Å². The smallest absolute Gasteiger partial charge is 0.313 e. The van der Waals surface area contributed by atoms with Crippen LogP contribution in [0.15, 0.2) is 12.2 Å². The van der Waals surface area contributed by atoms with Crippen LogP contribution in [0.5, 0.6) is 0 Å². The Hall–Kier alpha value is -1.22. The number of fused-ring (bicyclic) bond motifs is 2. The molecular formula is C10H11F3N2O3S. The molecule has 2 rings (SSSR count). The van der Waals surface area contributed by atoms with Crippen molar-refractivity contribution in [3.63, 3.8) is 0 Å². The summed E-state index contributed by atoms with van der Waals surface area (Å²) in [5.74, 6) is -1.79. The molecule has 2 N–H and O–H groups in total. The van der Waals surface area contributed by atoms with Crippen molar-refractivity contribution >= 4 is 22.5 Å². The number of allylic oxidation sites excluding steroid dienone is 1. The van der Waals surface area contributed by atoms with Crippen molar-refractivity contribution in [3.8, 4) is 0 Å². The van der Waals surface area contributed by atoms with Crippen LogP contribution in [0.3, 0.4) is 0 Å². The van der Waals surface area contributed by atoms with Gasteiger partial charge in [-0.05, 0) is 12.3 Å². The second-order valence-corrected chi connectivity index (χ2v) is 6.10. The topological polar surface area (TPSA) is 91.1 Å². The number of alkyl halides is 3. The normalized spacial score (nSPS) is 37.5. The van der Waals surface area contributed by atoms with E-state index in [1.807, 2.05) is 0 Å². The number of hydrogen-bond acceptors (Lipinski definition) is 5. The Labute approximate surface area is 107 Å². The first kappa shape index (κ1) is 14.2. The van der Waals surface area contributed by atoms with E-state index in [4.69, 9.17) is 10.8 Å². The first-order valence-corrected chi connectivity index (χ1v) is 6.81. The lowest BCUT2D eigenvalue weighted by Crippen LogP contribution is -2.50. The van der Waals surface area contributed by atoms with E-state index in [0.29, 0.717) is 12.6 Å². The molecule has 0 aromatic heterocycles. The lowest BCUT2D eigenvalue weighted by atomic mass is 9.80. The molecule has 1 saturated carbocycles. The van der Waals surface area contributed by atoms with Gasteiger partial charge in [-0.2, -0.15) is 21.6 Å². The van der Waals surface area contributed by atoms with E-state index >= 15 is 0 Å². The maximum absolute atomic E-state index is 12.4. The molecule has 106 valence electrons. The van der Waals surface area contributed by atoms with Crippen LogP contribution >= 0.6 is 0 Å². The standard InChI is InChI=1S/C10H11F3N2O3S/c11-10(12,13)19(16,17)18-9(5-15)7-2-1-6(3-7)8(9)4-14/h1-2,4-8,14-15H,3H2. The zero-order valence-corrected chi connectivity index (χ0v) is 10.3. The lowest BCUT2D eigenvalue weighted by Gasteiger charge is -2.35. The molecule has 0 heterocycles. The van der Waals surface area contributed by atoms with Crippen molar-refractivity contribution in [2.75, 3.05) is 0 Å². The first-order chi connectivity index (χ1) is 8.68. The molecule has 0 aromatic carbocycles. The fraction of sp³-hybridized carbons (Fsp3) is 0.600. The van der Waals surface area contributed by atoms with Crippen molar-refractivity contribution in [2.24, 2.45) is 17.8 Å². The maximum Gasteiger partial charge on any atom is 0.523 e. The van der Waals surface area contributed by atoms with Gasteiger partial charge in [-0.15, -0.1) is 0 Å². The summed E-state index contributed by atoms with van der Waals surface area (Å²) in [7, 11) is -5.81. The summed E-state index contributed by atoms with van der Waals surface area (Å²) in [6.45, 7) is 0. The summed E-state index contributed by atoms with van der Waals surface area (Å²) in [5.41, 5.74) is -7.48. The Morgan fingerprint density at radius 1 is 1.32 bits per heavy atom. The molecule has 9 heteroatoms. The van der Waals surface area contributed by atoms with Gasteiger partial charge in [0.15, 0.2) is 0 Å². The molecule has 5 nitrogen and oxygen atoms in total. The Morgan fingerprint density at radius 2 is 1.95 bits per heavy atom. The number of halogens is 3. The highest BCUT2D eigenvalue weighted by atomic mass is 32.2. The van der Waals surface area contributed by atoms with Crippen LogP contribution in [-0.2, 0) is 14.3 Å². The van der Waals surface area contributed by atoms with Gasteiger partial charge in [0.25, 0.3) is 0 Å². The third-order valence-corrected chi connectivity index (χ3v) is 4.70. The predicted molar refractivity (Wildman–Crippen MR) is 60.6 cm³/mol. The minimum atomic E-state index is -5.81. The second kappa shape index (κ2) is 4.14. The Balaban J connectivity index is 2.43. The van der Waals surface area contributed by atoms with Gasteiger partial charge in [0.05, 0.1) is 0 Å². The van der Waals surface area contributed by atoms with Crippen LogP contribution in [0.4, 0.5) is 13.2 Å². The molecule has 0 radical (unpaired) electrons. The molecule has 0 saturated heterocycles. The van der Waals surface area contributed by atoms with Crippen molar-refractivity contribution in [2.45, 2.75) is 17.5 Å². The van der Waals surface area contributed by atoms with Gasteiger partial charge in [0, 0.05) is 24.3 Å². The van der Waals surface area contributed by atoms with Crippen molar-refractivity contribution < 1.29 is 25.8 Å². The van der Waals surface area contributed by atoms with Crippen LogP contribution in [0, 0.1) is 28.6 Å². The minimum absolute atomic E-state index is 0.271. The second-order valence-electron chi connectivity index (χ2n) is 4.56. The van der Waals surface area contributed by atoms with E-state index in [1.165, 1.54) is 0 Å². The minimum Gasteiger partial charge on any atom is -0.313 e. The SMILES string of the molecule is N=CC1C2C=CC(C2)C1(C=N)OS(=O)(=O)C(F)(F)F. The van der Waals surface area contributed by atoms with E-state index in [1.54, 1.807) is 12.2 Å². The molecule has 2 aliphatic rings. The Morgan fingerprint density at radius 3 is 2.42 bits per heavy atom. The molecule has 4 unspecified atom stereocenters. The summed E-state index contributed by atoms with van der Waals surface area (Å²) in [4.78, 5) is 0. The summed E-state index contributed by atoms with van der Waals surface area (Å²) < 4.78 is 63.9. The Bertz CT molecular complexity index is 543. The molecule has 0 aromatic rings. The molecule has 2 bridgehead atoms. The number of hydrogen-bond donors (Lipinski definition) is 2. The van der Waals surface area contributed by atoms with Crippen LogP contribution in [0.1, 0.15) is 6.42 Å². The molecule has 0 aliphatic heterocycles. The molecule has 2 aliphatic carbocycles. The van der Waals surface area contributed by atoms with E-state index in [2.05, 4.69) is 4.18 Å². The summed E-state index contributed by atoms with van der Waals surface area (Å²) in [6.07, 6.45) is 5.06. The van der Waals surface area contributed by atoms with Gasteiger partial charge in [-0.3, -0.25) is 0 Å².